The molecule has 2 atom stereocenters. The van der Waals surface area contributed by atoms with Gasteiger partial charge >= 0.3 is 0 Å². The molecule has 2 N–H and O–H groups in total. The van der Waals surface area contributed by atoms with E-state index in [4.69, 9.17) is 4.74 Å². The van der Waals surface area contributed by atoms with Gasteiger partial charge in [-0.1, -0.05) is 51.1 Å². The van der Waals surface area contributed by atoms with Crippen LogP contribution in [0.25, 0.3) is 0 Å². The van der Waals surface area contributed by atoms with Crippen molar-refractivity contribution in [3.63, 3.8) is 0 Å². The third kappa shape index (κ3) is 5.14. The van der Waals surface area contributed by atoms with E-state index in [0.29, 0.717) is 6.61 Å². The van der Waals surface area contributed by atoms with Crippen molar-refractivity contribution in [3.05, 3.63) is 59.2 Å². The van der Waals surface area contributed by atoms with Crippen molar-refractivity contribution < 1.29 is 9.53 Å². The van der Waals surface area contributed by atoms with Crippen LogP contribution < -0.4 is 20.3 Å². The van der Waals surface area contributed by atoms with E-state index in [1.54, 1.807) is 0 Å². The van der Waals surface area contributed by atoms with Crippen LogP contribution in [-0.2, 0) is 24.4 Å². The highest BCUT2D eigenvalue weighted by Crippen LogP contribution is 2.31. The van der Waals surface area contributed by atoms with Gasteiger partial charge in [-0.3, -0.25) is 4.79 Å². The van der Waals surface area contributed by atoms with Gasteiger partial charge in [-0.2, -0.15) is 0 Å². The van der Waals surface area contributed by atoms with Crippen LogP contribution in [0.4, 0.5) is 5.69 Å². The fourth-order valence-corrected chi connectivity index (χ4v) is 4.18. The number of nitrogens with one attached hydrogen (secondary N) is 2. The van der Waals surface area contributed by atoms with E-state index in [9.17, 15) is 4.79 Å². The highest BCUT2D eigenvalue weighted by Gasteiger charge is 2.32. The Balaban J connectivity index is 1.81. The lowest BCUT2D eigenvalue weighted by molar-refractivity contribution is -0.124. The standard InChI is InChI=1S/C25H35N3O2/c1-6-21-13-20-11-12-22(30-16-19-9-7-18(8-10-19)15-26-4)14-23(20)28(5)24(17(2)3)25(29)27-21/h7-12,14,17,21,24,26H,6,13,15-16H2,1-5H3,(H,27,29)/t21-,24+/m1/s1. The summed E-state index contributed by atoms with van der Waals surface area (Å²) in [4.78, 5) is 15.0. The van der Waals surface area contributed by atoms with Crippen molar-refractivity contribution in [2.24, 2.45) is 5.92 Å². The van der Waals surface area contributed by atoms with Crippen LogP contribution in [0.2, 0.25) is 0 Å². The van der Waals surface area contributed by atoms with Crippen LogP contribution in [0.15, 0.2) is 42.5 Å². The summed E-state index contributed by atoms with van der Waals surface area (Å²) in [6.45, 7) is 7.71. The molecule has 1 amide bonds. The molecule has 0 aromatic heterocycles. The summed E-state index contributed by atoms with van der Waals surface area (Å²) in [7, 11) is 3.96. The molecule has 5 heteroatoms. The topological polar surface area (TPSA) is 53.6 Å². The first-order valence-corrected chi connectivity index (χ1v) is 10.9. The lowest BCUT2D eigenvalue weighted by Crippen LogP contribution is -2.53. The maximum absolute atomic E-state index is 12.9. The van der Waals surface area contributed by atoms with E-state index < -0.39 is 0 Å². The molecule has 1 aliphatic heterocycles. The Labute approximate surface area is 180 Å². The quantitative estimate of drug-likeness (QED) is 0.728. The Morgan fingerprint density at radius 1 is 1.17 bits per heavy atom. The van der Waals surface area contributed by atoms with Crippen LogP contribution in [0.3, 0.4) is 0 Å². The first kappa shape index (κ1) is 22.2. The number of anilines is 1. The van der Waals surface area contributed by atoms with Gasteiger partial charge in [0.25, 0.3) is 0 Å². The number of nitrogens with zero attached hydrogens (tertiary/aromatic N) is 1. The van der Waals surface area contributed by atoms with Gasteiger partial charge in [0.2, 0.25) is 5.91 Å². The molecule has 2 aromatic rings. The largest absolute Gasteiger partial charge is 0.489 e. The zero-order chi connectivity index (χ0) is 21.7. The average Bonchev–Trinajstić information content (AvgIpc) is 2.72. The normalized spacial score (nSPS) is 19.1. The molecule has 0 spiro atoms. The van der Waals surface area contributed by atoms with Gasteiger partial charge in [-0.05, 0) is 48.6 Å². The summed E-state index contributed by atoms with van der Waals surface area (Å²) in [5, 5.41) is 6.39. The predicted molar refractivity (Wildman–Crippen MR) is 123 cm³/mol. The van der Waals surface area contributed by atoms with Crippen LogP contribution in [0.5, 0.6) is 5.75 Å². The molecule has 5 nitrogen and oxygen atoms in total. The number of carbonyl (C=O) groups is 1. The number of hydrogen-bond donors (Lipinski definition) is 2. The summed E-state index contributed by atoms with van der Waals surface area (Å²) in [6.07, 6.45) is 1.75. The fourth-order valence-electron chi connectivity index (χ4n) is 4.18. The first-order valence-electron chi connectivity index (χ1n) is 10.9. The molecule has 2 aromatic carbocycles. The van der Waals surface area contributed by atoms with Crippen molar-refractivity contribution in [1.82, 2.24) is 10.6 Å². The molecule has 0 aliphatic carbocycles. The first-order chi connectivity index (χ1) is 14.4. The summed E-state index contributed by atoms with van der Waals surface area (Å²) < 4.78 is 6.11. The van der Waals surface area contributed by atoms with Gasteiger partial charge in [0.05, 0.1) is 0 Å². The molecule has 0 unspecified atom stereocenters. The van der Waals surface area contributed by atoms with E-state index >= 15 is 0 Å². The SMILES string of the molecule is CC[C@@H]1Cc2ccc(OCc3ccc(CNC)cc3)cc2N(C)[C@@H](C(C)C)C(=O)N1. The second-order valence-electron chi connectivity index (χ2n) is 8.54. The number of carbonyl (C=O) groups excluding carboxylic acids is 1. The minimum atomic E-state index is -0.201. The summed E-state index contributed by atoms with van der Waals surface area (Å²) in [5.74, 6) is 1.15. The van der Waals surface area contributed by atoms with E-state index in [-0.39, 0.29) is 23.9 Å². The fraction of sp³-hybridized carbons (Fsp3) is 0.480. The Morgan fingerprint density at radius 2 is 1.87 bits per heavy atom. The summed E-state index contributed by atoms with van der Waals surface area (Å²) >= 11 is 0. The molecule has 162 valence electrons. The number of likely N-dealkylation sites (N-methyl/N-ethyl adjacent to an activating group) is 1. The van der Waals surface area contributed by atoms with Gasteiger partial charge in [-0.25, -0.2) is 0 Å². The molecule has 0 saturated carbocycles. The van der Waals surface area contributed by atoms with Crippen molar-refractivity contribution in [1.29, 1.82) is 0 Å². The average molecular weight is 410 g/mol. The number of benzene rings is 2. The number of amides is 1. The van der Waals surface area contributed by atoms with Crippen molar-refractivity contribution in [2.75, 3.05) is 19.0 Å². The Hall–Kier alpha value is -2.53. The summed E-state index contributed by atoms with van der Waals surface area (Å²) in [5.41, 5.74) is 4.73. The van der Waals surface area contributed by atoms with Crippen molar-refractivity contribution in [2.45, 2.75) is 58.8 Å². The van der Waals surface area contributed by atoms with Crippen LogP contribution >= 0.6 is 0 Å². The Kier molecular flexibility index (Phi) is 7.38. The monoisotopic (exact) mass is 409 g/mol. The second-order valence-corrected chi connectivity index (χ2v) is 8.54. The molecule has 1 aliphatic rings. The van der Waals surface area contributed by atoms with E-state index in [0.717, 1.165) is 36.4 Å². The van der Waals surface area contributed by atoms with Crippen molar-refractivity contribution in [3.8, 4) is 5.75 Å². The maximum atomic E-state index is 12.9. The Morgan fingerprint density at radius 3 is 2.50 bits per heavy atom. The van der Waals surface area contributed by atoms with E-state index in [2.05, 4.69) is 72.7 Å². The van der Waals surface area contributed by atoms with E-state index in [1.807, 2.05) is 20.2 Å². The minimum Gasteiger partial charge on any atom is -0.489 e. The van der Waals surface area contributed by atoms with Gasteiger partial charge in [0, 0.05) is 31.4 Å². The van der Waals surface area contributed by atoms with E-state index in [1.165, 1.54) is 11.1 Å². The highest BCUT2D eigenvalue weighted by molar-refractivity contribution is 5.86. The molecule has 0 radical (unpaired) electrons. The lowest BCUT2D eigenvalue weighted by Gasteiger charge is -2.37. The number of fused-ring (bicyclic) bond motifs is 1. The minimum absolute atomic E-state index is 0.109. The molecule has 0 bridgehead atoms. The van der Waals surface area contributed by atoms with Gasteiger partial charge in [-0.15, -0.1) is 0 Å². The molecule has 30 heavy (non-hydrogen) atoms. The third-order valence-corrected chi connectivity index (χ3v) is 5.87. The number of ether oxygens (including phenoxy) is 1. The summed E-state index contributed by atoms with van der Waals surface area (Å²) in [6, 6.07) is 14.7. The molecule has 3 rings (SSSR count). The van der Waals surface area contributed by atoms with Crippen molar-refractivity contribution >= 4 is 11.6 Å². The van der Waals surface area contributed by atoms with Gasteiger partial charge in [0.1, 0.15) is 18.4 Å². The third-order valence-electron chi connectivity index (χ3n) is 5.87. The van der Waals surface area contributed by atoms with Gasteiger partial charge < -0.3 is 20.3 Å². The molecular formula is C25H35N3O2. The zero-order valence-corrected chi connectivity index (χ0v) is 18.9. The zero-order valence-electron chi connectivity index (χ0n) is 18.9. The van der Waals surface area contributed by atoms with Crippen LogP contribution in [0, 0.1) is 5.92 Å². The predicted octanol–water partition coefficient (Wildman–Crippen LogP) is 3.90. The Bertz CT molecular complexity index is 848. The number of hydrogen-bond acceptors (Lipinski definition) is 4. The van der Waals surface area contributed by atoms with Crippen LogP contribution in [0.1, 0.15) is 43.9 Å². The molecule has 1 heterocycles. The smallest absolute Gasteiger partial charge is 0.243 e. The van der Waals surface area contributed by atoms with Gasteiger partial charge in [0.15, 0.2) is 0 Å². The number of rotatable bonds is 7. The second kappa shape index (κ2) is 9.98. The molecular weight excluding hydrogens is 374 g/mol. The van der Waals surface area contributed by atoms with Crippen LogP contribution in [-0.4, -0.2) is 32.1 Å². The highest BCUT2D eigenvalue weighted by atomic mass is 16.5. The molecule has 0 fully saturated rings. The maximum Gasteiger partial charge on any atom is 0.243 e. The lowest BCUT2D eigenvalue weighted by atomic mass is 9.94. The molecule has 0 saturated heterocycles.